The van der Waals surface area contributed by atoms with Crippen molar-refractivity contribution in [1.82, 2.24) is 9.55 Å². The summed E-state index contributed by atoms with van der Waals surface area (Å²) in [7, 11) is 0. The van der Waals surface area contributed by atoms with Crippen molar-refractivity contribution in [2.24, 2.45) is 5.41 Å². The van der Waals surface area contributed by atoms with Crippen LogP contribution in [0.1, 0.15) is 12.0 Å². The predicted octanol–water partition coefficient (Wildman–Crippen LogP) is -0.939. The topological polar surface area (TPSA) is 95.3 Å². The minimum absolute atomic E-state index is 0.146. The molecular weight excluding hydrogens is 224 g/mol. The number of aryl methyl sites for hydroxylation is 1. The number of H-pyrrole nitrogens is 1. The number of nitrogens with one attached hydrogen (secondary N) is 1. The molecule has 0 aliphatic heterocycles. The minimum atomic E-state index is -0.594. The Hall–Kier alpha value is -1.66. The molecule has 1 aromatic heterocycles. The van der Waals surface area contributed by atoms with Gasteiger partial charge in [-0.2, -0.15) is 0 Å². The van der Waals surface area contributed by atoms with Crippen molar-refractivity contribution in [1.29, 1.82) is 0 Å². The summed E-state index contributed by atoms with van der Waals surface area (Å²) in [6.45, 7) is 1.31. The molecule has 0 radical (unpaired) electrons. The number of aromatic nitrogens is 2. The predicted molar refractivity (Wildman–Crippen MR) is 61.6 cm³/mol. The van der Waals surface area contributed by atoms with Crippen LogP contribution in [-0.2, 0) is 0 Å². The maximum Gasteiger partial charge on any atom is 0.332 e. The third-order valence-corrected chi connectivity index (χ3v) is 3.13. The first-order valence-corrected chi connectivity index (χ1v) is 5.27. The third kappa shape index (κ3) is 1.96. The molecular formula is C11H14N2O4. The zero-order valence-electron chi connectivity index (χ0n) is 9.43. The molecule has 6 heteroatoms. The molecule has 2 rings (SSSR count). The van der Waals surface area contributed by atoms with E-state index in [-0.39, 0.29) is 13.2 Å². The molecule has 0 unspecified atom stereocenters. The number of hydrogen-bond donors (Lipinski definition) is 3. The van der Waals surface area contributed by atoms with Crippen LogP contribution >= 0.6 is 0 Å². The summed E-state index contributed by atoms with van der Waals surface area (Å²) in [5, 5.41) is 18.3. The average molecular weight is 238 g/mol. The van der Waals surface area contributed by atoms with E-state index in [0.717, 1.165) is 5.57 Å². The van der Waals surface area contributed by atoms with Crippen molar-refractivity contribution in [2.75, 3.05) is 13.2 Å². The van der Waals surface area contributed by atoms with Crippen LogP contribution in [-0.4, -0.2) is 33.0 Å². The molecule has 0 bridgehead atoms. The fraction of sp³-hybridized carbons (Fsp3) is 0.455. The van der Waals surface area contributed by atoms with Gasteiger partial charge in [0.1, 0.15) is 0 Å². The van der Waals surface area contributed by atoms with Gasteiger partial charge in [-0.3, -0.25) is 14.3 Å². The minimum Gasteiger partial charge on any atom is -0.395 e. The summed E-state index contributed by atoms with van der Waals surface area (Å²) >= 11 is 0. The zero-order chi connectivity index (χ0) is 12.6. The molecule has 92 valence electrons. The lowest BCUT2D eigenvalue weighted by Crippen LogP contribution is -2.28. The van der Waals surface area contributed by atoms with E-state index in [9.17, 15) is 9.59 Å². The van der Waals surface area contributed by atoms with Crippen LogP contribution in [0.25, 0.3) is 6.20 Å². The molecule has 3 N–H and O–H groups in total. The van der Waals surface area contributed by atoms with Gasteiger partial charge in [-0.15, -0.1) is 0 Å². The second-order valence-corrected chi connectivity index (χ2v) is 4.41. The van der Waals surface area contributed by atoms with Crippen molar-refractivity contribution in [3.05, 3.63) is 38.2 Å². The van der Waals surface area contributed by atoms with E-state index in [1.807, 2.05) is 0 Å². The number of nitrogens with zero attached hydrogens (tertiary/aromatic N) is 1. The molecule has 1 saturated carbocycles. The molecule has 1 fully saturated rings. The zero-order valence-corrected chi connectivity index (χ0v) is 9.43. The molecule has 0 amide bonds. The van der Waals surface area contributed by atoms with E-state index in [4.69, 9.17) is 10.2 Å². The normalized spacial score (nSPS) is 19.6. The van der Waals surface area contributed by atoms with Gasteiger partial charge in [0.2, 0.25) is 0 Å². The van der Waals surface area contributed by atoms with Crippen molar-refractivity contribution in [3.8, 4) is 0 Å². The number of aliphatic hydroxyl groups is 2. The SMILES string of the molecule is Cc1cn(C=C2CC2(CO)CO)c(=O)[nH]c1=O. The summed E-state index contributed by atoms with van der Waals surface area (Å²) < 4.78 is 1.26. The van der Waals surface area contributed by atoms with Crippen molar-refractivity contribution < 1.29 is 10.2 Å². The Morgan fingerprint density at radius 1 is 1.47 bits per heavy atom. The maximum absolute atomic E-state index is 11.5. The molecule has 0 spiro atoms. The van der Waals surface area contributed by atoms with Crippen LogP contribution in [0.3, 0.4) is 0 Å². The molecule has 1 heterocycles. The summed E-state index contributed by atoms with van der Waals surface area (Å²) in [6, 6.07) is 0. The maximum atomic E-state index is 11.5. The van der Waals surface area contributed by atoms with Gasteiger partial charge in [0, 0.05) is 23.4 Å². The molecule has 1 aliphatic rings. The molecule has 1 aromatic rings. The lowest BCUT2D eigenvalue weighted by molar-refractivity contribution is 0.143. The number of aliphatic hydroxyl groups excluding tert-OH is 2. The summed E-state index contributed by atoms with van der Waals surface area (Å²) in [5.74, 6) is 0. The molecule has 0 atom stereocenters. The highest BCUT2D eigenvalue weighted by atomic mass is 16.3. The van der Waals surface area contributed by atoms with E-state index in [1.54, 1.807) is 13.1 Å². The number of hydrogen-bond acceptors (Lipinski definition) is 4. The van der Waals surface area contributed by atoms with E-state index in [0.29, 0.717) is 12.0 Å². The highest BCUT2D eigenvalue weighted by Gasteiger charge is 2.48. The molecule has 1 aliphatic carbocycles. The van der Waals surface area contributed by atoms with Gasteiger partial charge in [-0.05, 0) is 18.9 Å². The molecule has 6 nitrogen and oxygen atoms in total. The van der Waals surface area contributed by atoms with Crippen molar-refractivity contribution >= 4 is 6.20 Å². The Labute approximate surface area is 96.9 Å². The third-order valence-electron chi connectivity index (χ3n) is 3.13. The summed E-state index contributed by atoms with van der Waals surface area (Å²) in [4.78, 5) is 24.8. The summed E-state index contributed by atoms with van der Waals surface area (Å²) in [5.41, 5.74) is -0.290. The Morgan fingerprint density at radius 2 is 2.12 bits per heavy atom. The Bertz CT molecular complexity index is 578. The first-order valence-electron chi connectivity index (χ1n) is 5.27. The van der Waals surface area contributed by atoms with Gasteiger partial charge in [0.05, 0.1) is 13.2 Å². The van der Waals surface area contributed by atoms with E-state index >= 15 is 0 Å². The largest absolute Gasteiger partial charge is 0.395 e. The van der Waals surface area contributed by atoms with Crippen molar-refractivity contribution in [3.63, 3.8) is 0 Å². The van der Waals surface area contributed by atoms with Crippen LogP contribution < -0.4 is 11.2 Å². The first kappa shape index (κ1) is 11.8. The van der Waals surface area contributed by atoms with Crippen LogP contribution in [0.5, 0.6) is 0 Å². The fourth-order valence-electron chi connectivity index (χ4n) is 1.72. The van der Waals surface area contributed by atoms with Gasteiger partial charge >= 0.3 is 5.69 Å². The van der Waals surface area contributed by atoms with E-state index in [2.05, 4.69) is 4.98 Å². The standard InChI is InChI=1S/C11H14N2O4/c1-7-3-13(10(17)12-9(7)16)4-8-2-11(8,5-14)6-15/h3-4,14-15H,2,5-6H2,1H3,(H,12,16,17). The van der Waals surface area contributed by atoms with Gasteiger partial charge in [-0.25, -0.2) is 4.79 Å². The average Bonchev–Trinajstić information content (AvgIpc) is 3.00. The first-order chi connectivity index (χ1) is 8.02. The van der Waals surface area contributed by atoms with E-state index < -0.39 is 16.7 Å². The van der Waals surface area contributed by atoms with E-state index in [1.165, 1.54) is 10.8 Å². The second-order valence-electron chi connectivity index (χ2n) is 4.41. The number of rotatable bonds is 3. The number of aromatic amines is 1. The van der Waals surface area contributed by atoms with Crippen molar-refractivity contribution in [2.45, 2.75) is 13.3 Å². The van der Waals surface area contributed by atoms with Crippen LogP contribution in [0.2, 0.25) is 0 Å². The molecule has 0 saturated heterocycles. The highest BCUT2D eigenvalue weighted by molar-refractivity contribution is 5.47. The lowest BCUT2D eigenvalue weighted by Gasteiger charge is -2.05. The monoisotopic (exact) mass is 238 g/mol. The van der Waals surface area contributed by atoms with Crippen LogP contribution in [0.15, 0.2) is 21.4 Å². The quantitative estimate of drug-likeness (QED) is 0.633. The fourth-order valence-corrected chi connectivity index (χ4v) is 1.72. The van der Waals surface area contributed by atoms with Gasteiger partial charge in [-0.1, -0.05) is 0 Å². The Kier molecular flexibility index (Phi) is 2.76. The van der Waals surface area contributed by atoms with Crippen LogP contribution in [0, 0.1) is 12.3 Å². The molecule has 0 aromatic carbocycles. The highest BCUT2D eigenvalue weighted by Crippen LogP contribution is 2.51. The Morgan fingerprint density at radius 3 is 2.65 bits per heavy atom. The van der Waals surface area contributed by atoms with Gasteiger partial charge in [0.15, 0.2) is 0 Å². The second kappa shape index (κ2) is 3.97. The summed E-state index contributed by atoms with van der Waals surface area (Å²) in [6.07, 6.45) is 3.55. The van der Waals surface area contributed by atoms with Crippen LogP contribution in [0.4, 0.5) is 0 Å². The smallest absolute Gasteiger partial charge is 0.332 e. The lowest BCUT2D eigenvalue weighted by atomic mass is 10.1. The Balaban J connectivity index is 2.39. The van der Waals surface area contributed by atoms with Gasteiger partial charge < -0.3 is 10.2 Å². The van der Waals surface area contributed by atoms with Gasteiger partial charge in [0.25, 0.3) is 5.56 Å². The molecule has 17 heavy (non-hydrogen) atoms.